The number of rotatable bonds is 7. The summed E-state index contributed by atoms with van der Waals surface area (Å²) in [6, 6.07) is 0.525. The molecule has 0 saturated heterocycles. The molecule has 1 unspecified atom stereocenters. The van der Waals surface area contributed by atoms with Gasteiger partial charge in [-0.3, -0.25) is 9.97 Å². The van der Waals surface area contributed by atoms with Crippen molar-refractivity contribution < 1.29 is 0 Å². The maximum absolute atomic E-state index is 4.33. The molecule has 1 N–H and O–H groups in total. The van der Waals surface area contributed by atoms with Crippen LogP contribution in [0.5, 0.6) is 0 Å². The van der Waals surface area contributed by atoms with Gasteiger partial charge in [0, 0.05) is 31.1 Å². The first-order valence-electron chi connectivity index (χ1n) is 6.20. The van der Waals surface area contributed by atoms with Gasteiger partial charge in [0.05, 0.1) is 5.69 Å². The Balaban J connectivity index is 2.49. The number of nitrogens with zero attached hydrogens (tertiary/aromatic N) is 2. The van der Waals surface area contributed by atoms with Crippen molar-refractivity contribution in [2.75, 3.05) is 6.54 Å². The number of hydrogen-bond donors (Lipinski definition) is 1. The van der Waals surface area contributed by atoms with Crippen molar-refractivity contribution in [3.05, 3.63) is 24.3 Å². The van der Waals surface area contributed by atoms with Crippen LogP contribution in [0.15, 0.2) is 18.6 Å². The normalized spacial score (nSPS) is 13.0. The molecule has 0 aliphatic carbocycles. The summed E-state index contributed by atoms with van der Waals surface area (Å²) in [5.74, 6) is 0.714. The van der Waals surface area contributed by atoms with E-state index >= 15 is 0 Å². The number of nitrogens with one attached hydrogen (secondary N) is 1. The summed E-state index contributed by atoms with van der Waals surface area (Å²) >= 11 is 0. The van der Waals surface area contributed by atoms with Gasteiger partial charge in [-0.1, -0.05) is 20.8 Å². The van der Waals surface area contributed by atoms with Gasteiger partial charge in [-0.2, -0.15) is 0 Å². The van der Waals surface area contributed by atoms with E-state index < -0.39 is 0 Å². The lowest BCUT2D eigenvalue weighted by atomic mass is 10.00. The molecule has 0 saturated carbocycles. The van der Waals surface area contributed by atoms with E-state index in [2.05, 4.69) is 36.1 Å². The van der Waals surface area contributed by atoms with Crippen LogP contribution in [0.2, 0.25) is 0 Å². The van der Waals surface area contributed by atoms with Crippen molar-refractivity contribution in [2.45, 2.75) is 46.1 Å². The van der Waals surface area contributed by atoms with Crippen LogP contribution >= 0.6 is 0 Å². The lowest BCUT2D eigenvalue weighted by Gasteiger charge is -2.19. The van der Waals surface area contributed by atoms with Crippen molar-refractivity contribution in [3.63, 3.8) is 0 Å². The first-order valence-corrected chi connectivity index (χ1v) is 6.20. The molecule has 0 aliphatic rings. The van der Waals surface area contributed by atoms with Gasteiger partial charge in [0.15, 0.2) is 0 Å². The van der Waals surface area contributed by atoms with Gasteiger partial charge in [0.2, 0.25) is 0 Å². The zero-order chi connectivity index (χ0) is 11.8. The van der Waals surface area contributed by atoms with Gasteiger partial charge in [0.1, 0.15) is 0 Å². The first kappa shape index (κ1) is 13.1. The Bertz CT molecular complexity index is 272. The van der Waals surface area contributed by atoms with Gasteiger partial charge in [-0.25, -0.2) is 0 Å². The third kappa shape index (κ3) is 5.21. The van der Waals surface area contributed by atoms with Crippen LogP contribution in [0.4, 0.5) is 0 Å². The van der Waals surface area contributed by atoms with E-state index in [1.165, 1.54) is 12.8 Å². The summed E-state index contributed by atoms with van der Waals surface area (Å²) < 4.78 is 0. The van der Waals surface area contributed by atoms with Gasteiger partial charge >= 0.3 is 0 Å². The highest BCUT2D eigenvalue weighted by Crippen LogP contribution is 2.09. The van der Waals surface area contributed by atoms with Crippen molar-refractivity contribution in [2.24, 2.45) is 5.92 Å². The fourth-order valence-electron chi connectivity index (χ4n) is 1.84. The van der Waals surface area contributed by atoms with Crippen molar-refractivity contribution in [1.82, 2.24) is 15.3 Å². The summed E-state index contributed by atoms with van der Waals surface area (Å²) in [5.41, 5.74) is 1.08. The van der Waals surface area contributed by atoms with Crippen LogP contribution in [-0.4, -0.2) is 22.6 Å². The minimum Gasteiger partial charge on any atom is -0.314 e. The highest BCUT2D eigenvalue weighted by atomic mass is 14.9. The maximum Gasteiger partial charge on any atom is 0.0602 e. The molecule has 0 radical (unpaired) electrons. The maximum atomic E-state index is 4.33. The van der Waals surface area contributed by atoms with E-state index in [0.717, 1.165) is 18.7 Å². The van der Waals surface area contributed by atoms with Gasteiger partial charge in [-0.15, -0.1) is 0 Å². The fourth-order valence-corrected chi connectivity index (χ4v) is 1.84. The molecule has 1 atom stereocenters. The van der Waals surface area contributed by atoms with Crippen LogP contribution in [0.3, 0.4) is 0 Å². The van der Waals surface area contributed by atoms with Crippen molar-refractivity contribution in [3.8, 4) is 0 Å². The van der Waals surface area contributed by atoms with E-state index in [4.69, 9.17) is 0 Å². The van der Waals surface area contributed by atoms with Crippen LogP contribution in [-0.2, 0) is 6.42 Å². The summed E-state index contributed by atoms with van der Waals surface area (Å²) in [4.78, 5) is 8.44. The quantitative estimate of drug-likeness (QED) is 0.768. The SMILES string of the molecule is CCCNC(Cc1cnccn1)CC(C)C. The monoisotopic (exact) mass is 221 g/mol. The van der Waals surface area contributed by atoms with E-state index in [0.29, 0.717) is 12.0 Å². The van der Waals surface area contributed by atoms with Gasteiger partial charge < -0.3 is 5.32 Å². The zero-order valence-electron chi connectivity index (χ0n) is 10.6. The Morgan fingerprint density at radius 2 is 2.12 bits per heavy atom. The molecule has 1 heterocycles. The predicted octanol–water partition coefficient (Wildman–Crippen LogP) is 2.43. The van der Waals surface area contributed by atoms with Crippen LogP contribution in [0, 0.1) is 5.92 Å². The first-order chi connectivity index (χ1) is 7.72. The Kier molecular flexibility index (Phi) is 6.01. The lowest BCUT2D eigenvalue weighted by molar-refractivity contribution is 0.413. The molecule has 0 fully saturated rings. The predicted molar refractivity (Wildman–Crippen MR) is 67.3 cm³/mol. The topological polar surface area (TPSA) is 37.8 Å². The molecular formula is C13H23N3. The molecule has 16 heavy (non-hydrogen) atoms. The summed E-state index contributed by atoms with van der Waals surface area (Å²) in [6.45, 7) is 7.80. The molecule has 0 bridgehead atoms. The van der Waals surface area contributed by atoms with Gasteiger partial charge in [-0.05, 0) is 25.3 Å². The molecule has 1 rings (SSSR count). The Labute approximate surface area is 98.7 Å². The molecule has 3 nitrogen and oxygen atoms in total. The number of aromatic nitrogens is 2. The summed E-state index contributed by atoms with van der Waals surface area (Å²) in [7, 11) is 0. The van der Waals surface area contributed by atoms with Gasteiger partial charge in [0.25, 0.3) is 0 Å². The molecule has 1 aromatic heterocycles. The average Bonchev–Trinajstić information content (AvgIpc) is 2.26. The van der Waals surface area contributed by atoms with E-state index in [1.54, 1.807) is 12.4 Å². The summed E-state index contributed by atoms with van der Waals surface area (Å²) in [5, 5.41) is 3.58. The largest absolute Gasteiger partial charge is 0.314 e. The molecule has 0 aromatic carbocycles. The second-order valence-corrected chi connectivity index (χ2v) is 4.68. The highest BCUT2D eigenvalue weighted by molar-refractivity contribution is 4.97. The van der Waals surface area contributed by atoms with E-state index in [9.17, 15) is 0 Å². The Morgan fingerprint density at radius 3 is 2.69 bits per heavy atom. The Hall–Kier alpha value is -0.960. The lowest BCUT2D eigenvalue weighted by Crippen LogP contribution is -2.33. The van der Waals surface area contributed by atoms with E-state index in [-0.39, 0.29) is 0 Å². The standard InChI is InChI=1S/C13H23N3/c1-4-5-15-12(8-11(2)3)9-13-10-14-6-7-16-13/h6-7,10-12,15H,4-5,8-9H2,1-3H3. The molecule has 1 aromatic rings. The molecule has 0 amide bonds. The highest BCUT2D eigenvalue weighted by Gasteiger charge is 2.11. The zero-order valence-corrected chi connectivity index (χ0v) is 10.6. The minimum absolute atomic E-state index is 0.525. The average molecular weight is 221 g/mol. The smallest absolute Gasteiger partial charge is 0.0602 e. The second kappa shape index (κ2) is 7.34. The molecule has 90 valence electrons. The molecule has 0 spiro atoms. The third-order valence-corrected chi connectivity index (χ3v) is 2.51. The third-order valence-electron chi connectivity index (χ3n) is 2.51. The molecule has 0 aliphatic heterocycles. The fraction of sp³-hybridized carbons (Fsp3) is 0.692. The minimum atomic E-state index is 0.525. The molecular weight excluding hydrogens is 198 g/mol. The van der Waals surface area contributed by atoms with E-state index in [1.807, 2.05) is 6.20 Å². The van der Waals surface area contributed by atoms with Crippen LogP contribution in [0.1, 0.15) is 39.3 Å². The van der Waals surface area contributed by atoms with Crippen molar-refractivity contribution >= 4 is 0 Å². The van der Waals surface area contributed by atoms with Crippen molar-refractivity contribution in [1.29, 1.82) is 0 Å². The molecule has 3 heteroatoms. The second-order valence-electron chi connectivity index (χ2n) is 4.68. The Morgan fingerprint density at radius 1 is 1.31 bits per heavy atom. The van der Waals surface area contributed by atoms with Crippen LogP contribution < -0.4 is 5.32 Å². The summed E-state index contributed by atoms with van der Waals surface area (Å²) in [6.07, 6.45) is 8.70. The van der Waals surface area contributed by atoms with Crippen LogP contribution in [0.25, 0.3) is 0 Å². The number of hydrogen-bond acceptors (Lipinski definition) is 3.